The molecule has 0 aliphatic rings. The molecule has 0 atom stereocenters. The smallest absolute Gasteiger partial charge is 0.122 e. The summed E-state index contributed by atoms with van der Waals surface area (Å²) in [7, 11) is 1.64. The maximum absolute atomic E-state index is 5.48. The van der Waals surface area contributed by atoms with Crippen molar-refractivity contribution in [2.24, 2.45) is 5.84 Å². The third-order valence-electron chi connectivity index (χ3n) is 1.78. The predicted molar refractivity (Wildman–Crippen MR) is 55.3 cm³/mol. The van der Waals surface area contributed by atoms with Crippen LogP contribution in [0, 0.1) is 0 Å². The van der Waals surface area contributed by atoms with Gasteiger partial charge in [-0.3, -0.25) is 11.3 Å². The zero-order chi connectivity index (χ0) is 10.2. The summed E-state index contributed by atoms with van der Waals surface area (Å²) in [5, 5.41) is 0. The molecule has 1 rings (SSSR count). The second-order valence-corrected chi connectivity index (χ2v) is 2.84. The molecule has 4 heteroatoms. The standard InChI is InChI=1S/C10H16N2O2/c1-13-9-4-2-5-10(8-9)14-7-3-6-12-11/h2,4-5,8,12H,3,6-7,11H2,1H3. The van der Waals surface area contributed by atoms with Gasteiger partial charge in [0.05, 0.1) is 13.7 Å². The first-order valence-electron chi connectivity index (χ1n) is 4.57. The van der Waals surface area contributed by atoms with E-state index in [0.717, 1.165) is 24.5 Å². The van der Waals surface area contributed by atoms with Gasteiger partial charge in [0.15, 0.2) is 0 Å². The molecule has 0 aromatic heterocycles. The molecule has 1 aromatic carbocycles. The van der Waals surface area contributed by atoms with Crippen LogP contribution in [-0.4, -0.2) is 20.3 Å². The van der Waals surface area contributed by atoms with E-state index in [4.69, 9.17) is 15.3 Å². The van der Waals surface area contributed by atoms with Gasteiger partial charge in [0, 0.05) is 12.6 Å². The molecule has 0 saturated heterocycles. The Bertz CT molecular complexity index is 266. The number of hydrogen-bond donors (Lipinski definition) is 2. The molecule has 0 spiro atoms. The summed E-state index contributed by atoms with van der Waals surface area (Å²) in [6, 6.07) is 7.54. The van der Waals surface area contributed by atoms with Gasteiger partial charge in [-0.2, -0.15) is 0 Å². The van der Waals surface area contributed by atoms with Crippen molar-refractivity contribution >= 4 is 0 Å². The van der Waals surface area contributed by atoms with Crippen LogP contribution < -0.4 is 20.7 Å². The number of nitrogens with one attached hydrogen (secondary N) is 1. The van der Waals surface area contributed by atoms with E-state index in [1.165, 1.54) is 0 Å². The average Bonchev–Trinajstić information content (AvgIpc) is 2.25. The second kappa shape index (κ2) is 6.23. The molecule has 0 radical (unpaired) electrons. The highest BCUT2D eigenvalue weighted by Gasteiger charge is 1.95. The summed E-state index contributed by atoms with van der Waals surface area (Å²) in [5.74, 6) is 6.75. The van der Waals surface area contributed by atoms with Crippen molar-refractivity contribution in [3.8, 4) is 11.5 Å². The molecular formula is C10H16N2O2. The lowest BCUT2D eigenvalue weighted by Gasteiger charge is -2.07. The fourth-order valence-electron chi connectivity index (χ4n) is 1.06. The van der Waals surface area contributed by atoms with Crippen LogP contribution in [0.5, 0.6) is 11.5 Å². The van der Waals surface area contributed by atoms with E-state index in [1.54, 1.807) is 7.11 Å². The molecule has 14 heavy (non-hydrogen) atoms. The number of ether oxygens (including phenoxy) is 2. The van der Waals surface area contributed by atoms with E-state index in [0.29, 0.717) is 6.61 Å². The number of hydrogen-bond acceptors (Lipinski definition) is 4. The quantitative estimate of drug-likeness (QED) is 0.403. The van der Waals surface area contributed by atoms with E-state index in [9.17, 15) is 0 Å². The lowest BCUT2D eigenvalue weighted by molar-refractivity contribution is 0.306. The fraction of sp³-hybridized carbons (Fsp3) is 0.400. The maximum Gasteiger partial charge on any atom is 0.122 e. The average molecular weight is 196 g/mol. The predicted octanol–water partition coefficient (Wildman–Crippen LogP) is 0.927. The zero-order valence-corrected chi connectivity index (χ0v) is 8.32. The summed E-state index contributed by atoms with van der Waals surface area (Å²) in [6.45, 7) is 1.40. The number of methoxy groups -OCH3 is 1. The van der Waals surface area contributed by atoms with E-state index in [2.05, 4.69) is 5.43 Å². The molecule has 0 aliphatic heterocycles. The van der Waals surface area contributed by atoms with Gasteiger partial charge < -0.3 is 9.47 Å². The summed E-state index contributed by atoms with van der Waals surface area (Å²) in [5.41, 5.74) is 2.57. The van der Waals surface area contributed by atoms with Crippen LogP contribution in [-0.2, 0) is 0 Å². The molecule has 0 aliphatic carbocycles. The minimum absolute atomic E-state index is 0.650. The van der Waals surface area contributed by atoms with Crippen molar-refractivity contribution in [1.29, 1.82) is 0 Å². The SMILES string of the molecule is COc1cccc(OCCCNN)c1. The largest absolute Gasteiger partial charge is 0.497 e. The van der Waals surface area contributed by atoms with Gasteiger partial charge in [0.1, 0.15) is 11.5 Å². The summed E-state index contributed by atoms with van der Waals surface area (Å²) in [6.07, 6.45) is 0.883. The normalized spacial score (nSPS) is 9.86. The summed E-state index contributed by atoms with van der Waals surface area (Å²) >= 11 is 0. The van der Waals surface area contributed by atoms with Crippen molar-refractivity contribution in [1.82, 2.24) is 5.43 Å². The molecule has 78 valence electrons. The Hall–Kier alpha value is -1.26. The summed E-state index contributed by atoms with van der Waals surface area (Å²) in [4.78, 5) is 0. The monoisotopic (exact) mass is 196 g/mol. The Morgan fingerprint density at radius 1 is 1.36 bits per heavy atom. The summed E-state index contributed by atoms with van der Waals surface area (Å²) < 4.78 is 10.5. The van der Waals surface area contributed by atoms with Crippen LogP contribution in [0.25, 0.3) is 0 Å². The van der Waals surface area contributed by atoms with E-state index in [1.807, 2.05) is 24.3 Å². The molecule has 3 N–H and O–H groups in total. The number of nitrogens with two attached hydrogens (primary N) is 1. The Balaban J connectivity index is 2.34. The second-order valence-electron chi connectivity index (χ2n) is 2.84. The molecule has 0 heterocycles. The van der Waals surface area contributed by atoms with Gasteiger partial charge in [0.2, 0.25) is 0 Å². The molecule has 0 amide bonds. The third kappa shape index (κ3) is 3.64. The molecule has 0 bridgehead atoms. The van der Waals surface area contributed by atoms with E-state index >= 15 is 0 Å². The van der Waals surface area contributed by atoms with Crippen molar-refractivity contribution in [3.63, 3.8) is 0 Å². The first-order chi connectivity index (χ1) is 6.86. The lowest BCUT2D eigenvalue weighted by atomic mass is 10.3. The van der Waals surface area contributed by atoms with Crippen molar-refractivity contribution < 1.29 is 9.47 Å². The van der Waals surface area contributed by atoms with Crippen LogP contribution in [0.15, 0.2) is 24.3 Å². The molecule has 0 unspecified atom stereocenters. The van der Waals surface area contributed by atoms with E-state index < -0.39 is 0 Å². The van der Waals surface area contributed by atoms with Crippen LogP contribution in [0.4, 0.5) is 0 Å². The highest BCUT2D eigenvalue weighted by atomic mass is 16.5. The van der Waals surface area contributed by atoms with Crippen molar-refractivity contribution in [2.75, 3.05) is 20.3 Å². The van der Waals surface area contributed by atoms with Gasteiger partial charge in [-0.15, -0.1) is 0 Å². The first-order valence-corrected chi connectivity index (χ1v) is 4.57. The molecule has 4 nitrogen and oxygen atoms in total. The highest BCUT2D eigenvalue weighted by Crippen LogP contribution is 2.18. The Labute approximate surface area is 84.0 Å². The van der Waals surface area contributed by atoms with Crippen molar-refractivity contribution in [2.45, 2.75) is 6.42 Å². The Morgan fingerprint density at radius 2 is 2.14 bits per heavy atom. The van der Waals surface area contributed by atoms with Crippen LogP contribution in [0.1, 0.15) is 6.42 Å². The van der Waals surface area contributed by atoms with Gasteiger partial charge in [-0.1, -0.05) is 6.07 Å². The van der Waals surface area contributed by atoms with Crippen LogP contribution in [0.2, 0.25) is 0 Å². The number of benzene rings is 1. The van der Waals surface area contributed by atoms with E-state index in [-0.39, 0.29) is 0 Å². The zero-order valence-electron chi connectivity index (χ0n) is 8.32. The van der Waals surface area contributed by atoms with Gasteiger partial charge >= 0.3 is 0 Å². The van der Waals surface area contributed by atoms with Gasteiger partial charge in [-0.25, -0.2) is 0 Å². The van der Waals surface area contributed by atoms with Crippen LogP contribution >= 0.6 is 0 Å². The fourth-order valence-corrected chi connectivity index (χ4v) is 1.06. The lowest BCUT2D eigenvalue weighted by Crippen LogP contribution is -2.24. The molecule has 0 fully saturated rings. The highest BCUT2D eigenvalue weighted by molar-refractivity contribution is 5.32. The molecular weight excluding hydrogens is 180 g/mol. The first kappa shape index (κ1) is 10.8. The van der Waals surface area contributed by atoms with Gasteiger partial charge in [-0.05, 0) is 18.6 Å². The molecule has 0 saturated carbocycles. The molecule has 1 aromatic rings. The van der Waals surface area contributed by atoms with Crippen molar-refractivity contribution in [3.05, 3.63) is 24.3 Å². The topological polar surface area (TPSA) is 56.5 Å². The maximum atomic E-state index is 5.48. The third-order valence-corrected chi connectivity index (χ3v) is 1.78. The number of hydrazine groups is 1. The Kier molecular flexibility index (Phi) is 4.82. The van der Waals surface area contributed by atoms with Crippen LogP contribution in [0.3, 0.4) is 0 Å². The minimum Gasteiger partial charge on any atom is -0.497 e. The minimum atomic E-state index is 0.650. The van der Waals surface area contributed by atoms with Gasteiger partial charge in [0.25, 0.3) is 0 Å². The number of rotatable bonds is 6. The Morgan fingerprint density at radius 3 is 2.86 bits per heavy atom.